The Morgan fingerprint density at radius 2 is 1.33 bits per heavy atom. The molecule has 0 fully saturated rings. The molecule has 7 rings (SSSR count). The quantitative estimate of drug-likeness (QED) is 0.0892. The van der Waals surface area contributed by atoms with Gasteiger partial charge in [-0.15, -0.1) is 29.1 Å². The number of aromatic nitrogens is 3. The van der Waals surface area contributed by atoms with E-state index in [2.05, 4.69) is 102 Å². The number of hydrogen-bond donors (Lipinski definition) is 1. The number of carbonyl (C=O) groups is 1. The van der Waals surface area contributed by atoms with Gasteiger partial charge in [0.05, 0.1) is 5.52 Å². The number of rotatable bonds is 9. The van der Waals surface area contributed by atoms with Gasteiger partial charge in [0, 0.05) is 59.2 Å². The summed E-state index contributed by atoms with van der Waals surface area (Å²) in [4.78, 5) is 21.8. The summed E-state index contributed by atoms with van der Waals surface area (Å²) >= 11 is 0. The van der Waals surface area contributed by atoms with Crippen LogP contribution in [0.3, 0.4) is 0 Å². The molecule has 0 aliphatic rings. The molecule has 0 atom stereocenters. The zero-order valence-corrected chi connectivity index (χ0v) is 32.7. The molecule has 2 heterocycles. The molecule has 0 spiro atoms. The third kappa shape index (κ3) is 7.13. The second-order valence-corrected chi connectivity index (χ2v) is 13.7. The first kappa shape index (κ1) is 37.6. The third-order valence-corrected chi connectivity index (χ3v) is 11.0. The summed E-state index contributed by atoms with van der Waals surface area (Å²) in [6.07, 6.45) is 6.43. The number of fused-ring (bicyclic) bond motifs is 5. The second kappa shape index (κ2) is 15.7. The van der Waals surface area contributed by atoms with Crippen LogP contribution in [0.1, 0.15) is 67.2 Å². The van der Waals surface area contributed by atoms with Crippen LogP contribution in [0.2, 0.25) is 0 Å². The Labute approximate surface area is 314 Å². The first-order valence-corrected chi connectivity index (χ1v) is 17.8. The molecule has 0 aliphatic carbocycles. The molecule has 2 aromatic heterocycles. The standard InChI is InChI=1S/C30H18N3.C15H28O2.Ir/c1-2-13-23(14-3-1)33-27-18-22-11-5-4-10-21(22)17-26(27)28-29(31-19-32-30(28)33)25-16-8-12-20-9-6-7-15-24(20)25;1-7-14(5,8-2)12(16)11-13(17)15(6,9-3)10-4;/h1-15,17-19H;11,16H,7-10H2,1-6H3;/q-1;;/b;12-11-;. The maximum absolute atomic E-state index is 12.2. The van der Waals surface area contributed by atoms with Gasteiger partial charge < -0.3 is 5.11 Å². The smallest absolute Gasteiger partial charge is 0.164 e. The van der Waals surface area contributed by atoms with E-state index in [9.17, 15) is 9.90 Å². The predicted molar refractivity (Wildman–Crippen MR) is 209 cm³/mol. The van der Waals surface area contributed by atoms with Crippen LogP contribution in [0.25, 0.3) is 60.4 Å². The monoisotopic (exact) mass is 853 g/mol. The van der Waals surface area contributed by atoms with Gasteiger partial charge in [-0.2, -0.15) is 0 Å². The van der Waals surface area contributed by atoms with Crippen LogP contribution in [0.5, 0.6) is 0 Å². The van der Waals surface area contributed by atoms with Crippen molar-refractivity contribution < 1.29 is 30.0 Å². The summed E-state index contributed by atoms with van der Waals surface area (Å²) < 4.78 is 2.24. The first-order chi connectivity index (χ1) is 24.2. The van der Waals surface area contributed by atoms with Crippen molar-refractivity contribution >= 4 is 49.3 Å². The van der Waals surface area contributed by atoms with Crippen LogP contribution < -0.4 is 0 Å². The molecule has 5 nitrogen and oxygen atoms in total. The molecular weight excluding hydrogens is 807 g/mol. The molecule has 0 bridgehead atoms. The number of aliphatic hydroxyl groups is 1. The van der Waals surface area contributed by atoms with Gasteiger partial charge in [-0.05, 0) is 60.7 Å². The summed E-state index contributed by atoms with van der Waals surface area (Å²) in [7, 11) is 0. The minimum absolute atomic E-state index is 0. The molecule has 5 aromatic carbocycles. The normalized spacial score (nSPS) is 12.2. The van der Waals surface area contributed by atoms with Gasteiger partial charge in [0.15, 0.2) is 5.78 Å². The number of allylic oxidation sites excluding steroid dienone is 2. The molecule has 263 valence electrons. The number of nitrogens with zero attached hydrogens (tertiary/aromatic N) is 3. The second-order valence-electron chi connectivity index (χ2n) is 13.7. The molecule has 0 saturated carbocycles. The van der Waals surface area contributed by atoms with Gasteiger partial charge in [-0.1, -0.05) is 114 Å². The average molecular weight is 853 g/mol. The van der Waals surface area contributed by atoms with Gasteiger partial charge in [0.2, 0.25) is 0 Å². The third-order valence-electron chi connectivity index (χ3n) is 11.0. The fraction of sp³-hybridized carbons (Fsp3) is 0.267. The van der Waals surface area contributed by atoms with Gasteiger partial charge in [0.25, 0.3) is 0 Å². The van der Waals surface area contributed by atoms with E-state index in [1.807, 2.05) is 53.7 Å². The molecule has 51 heavy (non-hydrogen) atoms. The van der Waals surface area contributed by atoms with Crippen molar-refractivity contribution in [2.75, 3.05) is 0 Å². The predicted octanol–water partition coefficient (Wildman–Crippen LogP) is 12.0. The summed E-state index contributed by atoms with van der Waals surface area (Å²) in [6.45, 7) is 12.1. The number of aliphatic hydroxyl groups excluding tert-OH is 1. The average Bonchev–Trinajstić information content (AvgIpc) is 3.49. The molecule has 1 radical (unpaired) electrons. The fourth-order valence-electron chi connectivity index (χ4n) is 6.59. The Hall–Kier alpha value is -4.64. The zero-order chi connectivity index (χ0) is 35.5. The minimum Gasteiger partial charge on any atom is -0.512 e. The van der Waals surface area contributed by atoms with Crippen LogP contribution in [0.4, 0.5) is 0 Å². The molecule has 7 aromatic rings. The summed E-state index contributed by atoms with van der Waals surface area (Å²) in [6, 6.07) is 39.4. The maximum atomic E-state index is 12.2. The minimum atomic E-state index is -0.337. The first-order valence-electron chi connectivity index (χ1n) is 17.8. The van der Waals surface area contributed by atoms with Crippen LogP contribution in [0.15, 0.2) is 121 Å². The van der Waals surface area contributed by atoms with E-state index in [1.165, 1.54) is 22.2 Å². The zero-order valence-electron chi connectivity index (χ0n) is 30.3. The molecule has 1 N–H and O–H groups in total. The van der Waals surface area contributed by atoms with Gasteiger partial charge in [-0.3, -0.25) is 14.3 Å². The number of benzene rings is 5. The van der Waals surface area contributed by atoms with E-state index in [0.717, 1.165) is 70.0 Å². The molecule has 6 heteroatoms. The molecular formula is C45H46IrN3O2-. The molecule has 0 aliphatic heterocycles. The van der Waals surface area contributed by atoms with E-state index in [1.54, 1.807) is 6.33 Å². The Morgan fingerprint density at radius 1 is 0.745 bits per heavy atom. The van der Waals surface area contributed by atoms with E-state index >= 15 is 0 Å². The number of carbonyl (C=O) groups excluding carboxylic acids is 1. The maximum Gasteiger partial charge on any atom is 0.164 e. The van der Waals surface area contributed by atoms with Crippen molar-refractivity contribution in [2.24, 2.45) is 10.8 Å². The van der Waals surface area contributed by atoms with E-state index in [0.29, 0.717) is 0 Å². The van der Waals surface area contributed by atoms with Crippen molar-refractivity contribution in [1.29, 1.82) is 0 Å². The Balaban J connectivity index is 0.000000242. The van der Waals surface area contributed by atoms with Crippen LogP contribution in [-0.4, -0.2) is 25.4 Å². The van der Waals surface area contributed by atoms with Crippen LogP contribution in [0, 0.1) is 16.9 Å². The van der Waals surface area contributed by atoms with Gasteiger partial charge in [-0.25, -0.2) is 4.98 Å². The van der Waals surface area contributed by atoms with E-state index in [-0.39, 0.29) is 42.5 Å². The van der Waals surface area contributed by atoms with Crippen LogP contribution in [-0.2, 0) is 24.9 Å². The molecule has 0 amide bonds. The SMILES string of the molecule is CCC(C)(CC)C(=O)/C=C(\O)C(C)(CC)CC.[Ir].[c-]1ccc2ccccc2c1-c1ncnc2c1c1cc3ccccc3cc1n2-c1ccccc1. The topological polar surface area (TPSA) is 68.0 Å². The Kier molecular flexibility index (Phi) is 11.6. The van der Waals surface area contributed by atoms with Crippen LogP contribution >= 0.6 is 0 Å². The van der Waals surface area contributed by atoms with E-state index in [4.69, 9.17) is 9.97 Å². The fourth-order valence-corrected chi connectivity index (χ4v) is 6.59. The van der Waals surface area contributed by atoms with E-state index < -0.39 is 0 Å². The van der Waals surface area contributed by atoms with Gasteiger partial charge >= 0.3 is 0 Å². The largest absolute Gasteiger partial charge is 0.512 e. The Morgan fingerprint density at radius 3 is 1.98 bits per heavy atom. The summed E-state index contributed by atoms with van der Waals surface area (Å²) in [5, 5.41) is 17.1. The van der Waals surface area contributed by atoms with Crippen molar-refractivity contribution in [1.82, 2.24) is 14.5 Å². The summed E-state index contributed by atoms with van der Waals surface area (Å²) in [5.41, 5.74) is 4.41. The van der Waals surface area contributed by atoms with Crippen molar-refractivity contribution in [2.45, 2.75) is 67.2 Å². The van der Waals surface area contributed by atoms with Gasteiger partial charge in [0.1, 0.15) is 17.7 Å². The molecule has 0 unspecified atom stereocenters. The van der Waals surface area contributed by atoms with Crippen molar-refractivity contribution in [3.05, 3.63) is 127 Å². The van der Waals surface area contributed by atoms with Crippen molar-refractivity contribution in [3.63, 3.8) is 0 Å². The Bertz CT molecular complexity index is 2330. The number of hydrogen-bond acceptors (Lipinski definition) is 4. The number of ketones is 1. The van der Waals surface area contributed by atoms with Crippen molar-refractivity contribution in [3.8, 4) is 16.9 Å². The summed E-state index contributed by atoms with van der Waals surface area (Å²) in [5.74, 6) is 0.286. The number of para-hydroxylation sites is 1. The molecule has 0 saturated heterocycles.